The first kappa shape index (κ1) is 15.0. The molecule has 1 aliphatic heterocycles. The minimum atomic E-state index is -3.52. The Bertz CT molecular complexity index is 820. The molecule has 3 rings (SSSR count). The molecule has 2 aromatic rings. The van der Waals surface area contributed by atoms with Gasteiger partial charge >= 0.3 is 0 Å². The first-order valence-corrected chi connectivity index (χ1v) is 9.30. The zero-order valence-corrected chi connectivity index (χ0v) is 13.7. The van der Waals surface area contributed by atoms with Crippen LogP contribution < -0.4 is 4.72 Å². The Morgan fingerprint density at radius 1 is 1.14 bits per heavy atom. The van der Waals surface area contributed by atoms with E-state index in [9.17, 15) is 8.42 Å². The first-order valence-electron chi connectivity index (χ1n) is 6.94. The van der Waals surface area contributed by atoms with E-state index in [1.165, 1.54) is 4.88 Å². The molecule has 0 saturated carbocycles. The third kappa shape index (κ3) is 2.98. The Labute approximate surface area is 134 Å². The van der Waals surface area contributed by atoms with Gasteiger partial charge in [-0.25, -0.2) is 8.42 Å². The molecule has 0 bridgehead atoms. The van der Waals surface area contributed by atoms with Crippen LogP contribution in [0.1, 0.15) is 17.4 Å². The fraction of sp³-hybridized carbons (Fsp3) is 0.188. The Morgan fingerprint density at radius 2 is 1.91 bits per heavy atom. The SMILES string of the molecule is CC1=C(c2ccccc2)S(=O)(=O)NC1=NCCc1cccs1. The van der Waals surface area contributed by atoms with Crippen LogP contribution in [0, 0.1) is 0 Å². The quantitative estimate of drug-likeness (QED) is 0.935. The van der Waals surface area contributed by atoms with Gasteiger partial charge < -0.3 is 0 Å². The summed E-state index contributed by atoms with van der Waals surface area (Å²) in [5.41, 5.74) is 1.37. The lowest BCUT2D eigenvalue weighted by Gasteiger charge is -2.02. The molecule has 1 aromatic heterocycles. The van der Waals surface area contributed by atoms with E-state index in [1.54, 1.807) is 30.4 Å². The Kier molecular flexibility index (Phi) is 4.13. The number of hydrogen-bond donors (Lipinski definition) is 1. The molecule has 0 spiro atoms. The summed E-state index contributed by atoms with van der Waals surface area (Å²) in [7, 11) is -3.52. The maximum atomic E-state index is 12.3. The van der Waals surface area contributed by atoms with Crippen LogP contribution in [0.25, 0.3) is 4.91 Å². The molecule has 0 saturated heterocycles. The average Bonchev–Trinajstić information content (AvgIpc) is 3.07. The van der Waals surface area contributed by atoms with Gasteiger partial charge in [0.15, 0.2) is 0 Å². The Morgan fingerprint density at radius 3 is 2.59 bits per heavy atom. The van der Waals surface area contributed by atoms with Gasteiger partial charge in [0.2, 0.25) is 0 Å². The van der Waals surface area contributed by atoms with Crippen molar-refractivity contribution in [1.82, 2.24) is 4.72 Å². The van der Waals surface area contributed by atoms with Gasteiger partial charge in [-0.3, -0.25) is 9.71 Å². The predicted molar refractivity (Wildman–Crippen MR) is 91.4 cm³/mol. The molecule has 0 radical (unpaired) electrons. The second-order valence-corrected chi connectivity index (χ2v) is 7.64. The van der Waals surface area contributed by atoms with Crippen LogP contribution in [0.15, 0.2) is 58.4 Å². The van der Waals surface area contributed by atoms with Crippen molar-refractivity contribution >= 4 is 32.1 Å². The van der Waals surface area contributed by atoms with E-state index in [0.717, 1.165) is 6.42 Å². The van der Waals surface area contributed by atoms with Crippen molar-refractivity contribution in [1.29, 1.82) is 0 Å². The number of aliphatic imine (C=N–C) groups is 1. The lowest BCUT2D eigenvalue weighted by atomic mass is 10.1. The van der Waals surface area contributed by atoms with Crippen LogP contribution in [0.4, 0.5) is 0 Å². The van der Waals surface area contributed by atoms with Crippen LogP contribution in [0.5, 0.6) is 0 Å². The van der Waals surface area contributed by atoms with Crippen molar-refractivity contribution in [2.24, 2.45) is 4.99 Å². The standard InChI is InChI=1S/C16H16N2O2S2/c1-12-15(13-6-3-2-4-7-13)22(19,20)18-16(12)17-10-9-14-8-5-11-21-14/h2-8,11H,9-10H2,1H3,(H,17,18). The number of nitrogens with one attached hydrogen (secondary N) is 1. The highest BCUT2D eigenvalue weighted by atomic mass is 32.2. The molecule has 0 atom stereocenters. The molecule has 1 aromatic carbocycles. The van der Waals surface area contributed by atoms with Crippen molar-refractivity contribution in [3.8, 4) is 0 Å². The van der Waals surface area contributed by atoms with Gasteiger partial charge in [0, 0.05) is 23.4 Å². The van der Waals surface area contributed by atoms with E-state index in [4.69, 9.17) is 0 Å². The van der Waals surface area contributed by atoms with E-state index in [2.05, 4.69) is 15.8 Å². The summed E-state index contributed by atoms with van der Waals surface area (Å²) in [5, 5.41) is 2.03. The molecule has 22 heavy (non-hydrogen) atoms. The third-order valence-corrected chi connectivity index (χ3v) is 5.92. The number of benzene rings is 1. The maximum absolute atomic E-state index is 12.3. The van der Waals surface area contributed by atoms with Gasteiger partial charge in [0.25, 0.3) is 10.0 Å². The highest BCUT2D eigenvalue weighted by Crippen LogP contribution is 2.29. The van der Waals surface area contributed by atoms with Crippen LogP contribution in [-0.2, 0) is 16.4 Å². The summed E-state index contributed by atoms with van der Waals surface area (Å²) in [6.45, 7) is 2.36. The Hall–Kier alpha value is -1.92. The third-order valence-electron chi connectivity index (χ3n) is 3.44. The molecule has 1 N–H and O–H groups in total. The normalized spacial score (nSPS) is 18.7. The highest BCUT2D eigenvalue weighted by Gasteiger charge is 2.32. The van der Waals surface area contributed by atoms with Crippen molar-refractivity contribution in [2.75, 3.05) is 6.54 Å². The Balaban J connectivity index is 1.87. The van der Waals surface area contributed by atoms with E-state index < -0.39 is 10.0 Å². The van der Waals surface area contributed by atoms with Crippen molar-refractivity contribution in [2.45, 2.75) is 13.3 Å². The van der Waals surface area contributed by atoms with E-state index in [1.807, 2.05) is 29.6 Å². The number of sulfonamides is 1. The van der Waals surface area contributed by atoms with Crippen LogP contribution in [-0.4, -0.2) is 20.8 Å². The molecule has 0 unspecified atom stereocenters. The van der Waals surface area contributed by atoms with Crippen molar-refractivity contribution < 1.29 is 8.42 Å². The number of nitrogens with zero attached hydrogens (tertiary/aromatic N) is 1. The smallest absolute Gasteiger partial charge is 0.264 e. The van der Waals surface area contributed by atoms with Gasteiger partial charge in [0.05, 0.1) is 0 Å². The van der Waals surface area contributed by atoms with E-state index >= 15 is 0 Å². The summed E-state index contributed by atoms with van der Waals surface area (Å²) >= 11 is 1.68. The number of hydrogen-bond acceptors (Lipinski definition) is 4. The summed E-state index contributed by atoms with van der Waals surface area (Å²) in [5.74, 6) is 0.454. The fourth-order valence-electron chi connectivity index (χ4n) is 2.41. The zero-order valence-electron chi connectivity index (χ0n) is 12.1. The van der Waals surface area contributed by atoms with Gasteiger partial charge in [-0.05, 0) is 23.9 Å². The van der Waals surface area contributed by atoms with Crippen molar-refractivity contribution in [3.63, 3.8) is 0 Å². The molecular formula is C16H16N2O2S2. The van der Waals surface area contributed by atoms with E-state index in [0.29, 0.717) is 28.4 Å². The summed E-state index contributed by atoms with van der Waals surface area (Å²) in [6, 6.07) is 13.2. The average molecular weight is 332 g/mol. The lowest BCUT2D eigenvalue weighted by Crippen LogP contribution is -2.24. The molecule has 1 aliphatic rings. The monoisotopic (exact) mass is 332 g/mol. The largest absolute Gasteiger partial charge is 0.267 e. The fourth-order valence-corrected chi connectivity index (χ4v) is 4.63. The summed E-state index contributed by atoms with van der Waals surface area (Å²) < 4.78 is 27.2. The molecule has 0 aliphatic carbocycles. The number of amidine groups is 1. The molecule has 4 nitrogen and oxygen atoms in total. The number of thiophene rings is 1. The van der Waals surface area contributed by atoms with Crippen LogP contribution in [0.2, 0.25) is 0 Å². The maximum Gasteiger partial charge on any atom is 0.264 e. The minimum Gasteiger partial charge on any atom is -0.267 e. The van der Waals surface area contributed by atoms with Gasteiger partial charge in [-0.1, -0.05) is 36.4 Å². The minimum absolute atomic E-state index is 0.322. The van der Waals surface area contributed by atoms with Gasteiger partial charge in [-0.15, -0.1) is 11.3 Å². The molecule has 0 amide bonds. The van der Waals surface area contributed by atoms with Gasteiger partial charge in [0.1, 0.15) is 10.7 Å². The highest BCUT2D eigenvalue weighted by molar-refractivity contribution is 8.00. The second kappa shape index (κ2) is 6.06. The number of rotatable bonds is 4. The molecule has 6 heteroatoms. The second-order valence-electron chi connectivity index (χ2n) is 4.99. The molecular weight excluding hydrogens is 316 g/mol. The zero-order chi connectivity index (χ0) is 15.6. The predicted octanol–water partition coefficient (Wildman–Crippen LogP) is 3.05. The molecule has 0 fully saturated rings. The van der Waals surface area contributed by atoms with Crippen LogP contribution >= 0.6 is 11.3 Å². The molecule has 2 heterocycles. The van der Waals surface area contributed by atoms with Crippen molar-refractivity contribution in [3.05, 3.63) is 63.9 Å². The summed E-state index contributed by atoms with van der Waals surface area (Å²) in [4.78, 5) is 5.99. The summed E-state index contributed by atoms with van der Waals surface area (Å²) in [6.07, 6.45) is 0.816. The van der Waals surface area contributed by atoms with Gasteiger partial charge in [-0.2, -0.15) is 0 Å². The topological polar surface area (TPSA) is 58.5 Å². The van der Waals surface area contributed by atoms with Crippen LogP contribution in [0.3, 0.4) is 0 Å². The molecule has 114 valence electrons. The first-order chi connectivity index (χ1) is 10.6. The lowest BCUT2D eigenvalue weighted by molar-refractivity contribution is 0.603. The van der Waals surface area contributed by atoms with E-state index in [-0.39, 0.29) is 0 Å².